The number of rotatable bonds is 6. The summed E-state index contributed by atoms with van der Waals surface area (Å²) in [5.74, 6) is -0.445. The van der Waals surface area contributed by atoms with Gasteiger partial charge >= 0.3 is 6.09 Å². The van der Waals surface area contributed by atoms with Gasteiger partial charge in [-0.2, -0.15) is 0 Å². The summed E-state index contributed by atoms with van der Waals surface area (Å²) in [6.07, 6.45) is 1.51. The van der Waals surface area contributed by atoms with E-state index in [1.807, 2.05) is 30.5 Å². The number of ether oxygens (including phenoxy) is 1. The average molecular weight is 360 g/mol. The first-order valence-electron chi connectivity index (χ1n) is 8.72. The first kappa shape index (κ1) is 19.9. The Hall–Kier alpha value is -2.38. The highest BCUT2D eigenvalue weighted by Crippen LogP contribution is 2.19. The van der Waals surface area contributed by atoms with Crippen molar-refractivity contribution in [3.05, 3.63) is 36.0 Å². The number of carbonyl (C=O) groups is 2. The number of likely N-dealkylation sites (N-methyl/N-ethyl adjacent to an activating group) is 1. The van der Waals surface area contributed by atoms with Gasteiger partial charge in [-0.25, -0.2) is 9.69 Å². The summed E-state index contributed by atoms with van der Waals surface area (Å²) in [6, 6.07) is 6.98. The van der Waals surface area contributed by atoms with Crippen molar-refractivity contribution < 1.29 is 14.3 Å². The van der Waals surface area contributed by atoms with Crippen molar-refractivity contribution in [1.29, 1.82) is 0 Å². The van der Waals surface area contributed by atoms with Crippen molar-refractivity contribution in [2.75, 3.05) is 20.1 Å². The molecule has 7 heteroatoms. The number of hydrogen-bond donors (Lipinski definition) is 3. The highest BCUT2D eigenvalue weighted by molar-refractivity contribution is 5.95. The van der Waals surface area contributed by atoms with Crippen molar-refractivity contribution in [2.45, 2.75) is 38.8 Å². The summed E-state index contributed by atoms with van der Waals surface area (Å²) in [5, 5.41) is 3.95. The van der Waals surface area contributed by atoms with Crippen LogP contribution in [0.15, 0.2) is 30.5 Å². The highest BCUT2D eigenvalue weighted by atomic mass is 16.6. The number of fused-ring (bicyclic) bond motifs is 1. The summed E-state index contributed by atoms with van der Waals surface area (Å²) in [7, 11) is 1.75. The third kappa shape index (κ3) is 5.06. The maximum Gasteiger partial charge on any atom is 0.417 e. The monoisotopic (exact) mass is 360 g/mol. The molecule has 142 valence electrons. The molecule has 0 fully saturated rings. The summed E-state index contributed by atoms with van der Waals surface area (Å²) in [5.41, 5.74) is 7.39. The summed E-state index contributed by atoms with van der Waals surface area (Å²) in [4.78, 5) is 29.5. The average Bonchev–Trinajstić information content (AvgIpc) is 2.96. The van der Waals surface area contributed by atoms with E-state index in [2.05, 4.69) is 10.3 Å². The zero-order valence-electron chi connectivity index (χ0n) is 15.8. The smallest absolute Gasteiger partial charge is 0.417 e. The third-order valence-corrected chi connectivity index (χ3v) is 3.90. The molecule has 7 nitrogen and oxygen atoms in total. The molecule has 0 radical (unpaired) electrons. The van der Waals surface area contributed by atoms with Gasteiger partial charge in [-0.1, -0.05) is 18.2 Å². The van der Waals surface area contributed by atoms with Gasteiger partial charge in [-0.15, -0.1) is 0 Å². The van der Waals surface area contributed by atoms with Crippen LogP contribution in [0.4, 0.5) is 4.79 Å². The molecule has 0 unspecified atom stereocenters. The molecule has 4 N–H and O–H groups in total. The Morgan fingerprint density at radius 1 is 1.31 bits per heavy atom. The number of imide groups is 1. The molecule has 0 bridgehead atoms. The van der Waals surface area contributed by atoms with Gasteiger partial charge in [0.15, 0.2) is 0 Å². The number of nitrogens with two attached hydrogens (primary N) is 1. The molecular formula is C19H28N4O3. The van der Waals surface area contributed by atoms with Gasteiger partial charge in [0.05, 0.1) is 6.04 Å². The number of carbonyl (C=O) groups excluding carboxylic acids is 2. The minimum absolute atomic E-state index is 0.200. The second-order valence-corrected chi connectivity index (χ2v) is 7.24. The first-order valence-corrected chi connectivity index (χ1v) is 8.72. The van der Waals surface area contributed by atoms with Crippen LogP contribution in [0.3, 0.4) is 0 Å². The number of para-hydroxylation sites is 1. The molecular weight excluding hydrogens is 332 g/mol. The lowest BCUT2D eigenvalue weighted by molar-refractivity contribution is -0.131. The standard InChI is InChI=1S/C19H28N4O3/c1-19(2,3)26-18(25)23(10-9-21-4)17(24)15(20)11-13-12-22-16-8-6-5-7-14(13)16/h5-8,12,15,21-22H,9-11,20H2,1-4H3/t15-/m0/s1. The van der Waals surface area contributed by atoms with E-state index in [1.165, 1.54) is 0 Å². The van der Waals surface area contributed by atoms with E-state index >= 15 is 0 Å². The van der Waals surface area contributed by atoms with Crippen LogP contribution in [0.1, 0.15) is 26.3 Å². The molecule has 0 aliphatic rings. The van der Waals surface area contributed by atoms with Crippen LogP contribution in [-0.4, -0.2) is 53.7 Å². The second-order valence-electron chi connectivity index (χ2n) is 7.24. The van der Waals surface area contributed by atoms with Crippen molar-refractivity contribution in [1.82, 2.24) is 15.2 Å². The van der Waals surface area contributed by atoms with Crippen LogP contribution in [0.5, 0.6) is 0 Å². The van der Waals surface area contributed by atoms with E-state index < -0.39 is 23.6 Å². The molecule has 2 rings (SSSR count). The van der Waals surface area contributed by atoms with Crippen molar-refractivity contribution in [3.8, 4) is 0 Å². The largest absolute Gasteiger partial charge is 0.443 e. The quantitative estimate of drug-likeness (QED) is 0.732. The first-order chi connectivity index (χ1) is 12.2. The molecule has 1 aromatic heterocycles. The number of H-pyrrole nitrogens is 1. The Labute approximate surface area is 153 Å². The number of aromatic amines is 1. The molecule has 26 heavy (non-hydrogen) atoms. The fraction of sp³-hybridized carbons (Fsp3) is 0.474. The Balaban J connectivity index is 2.14. The van der Waals surface area contributed by atoms with Crippen molar-refractivity contribution >= 4 is 22.9 Å². The normalized spacial score (nSPS) is 12.8. The predicted octanol–water partition coefficient (Wildman–Crippen LogP) is 2.02. The number of hydrogen-bond acceptors (Lipinski definition) is 5. The van der Waals surface area contributed by atoms with E-state index in [0.29, 0.717) is 13.0 Å². The minimum Gasteiger partial charge on any atom is -0.443 e. The lowest BCUT2D eigenvalue weighted by Crippen LogP contribution is -2.51. The van der Waals surface area contributed by atoms with Gasteiger partial charge in [0.2, 0.25) is 5.91 Å². The highest BCUT2D eigenvalue weighted by Gasteiger charge is 2.30. The Morgan fingerprint density at radius 2 is 2.00 bits per heavy atom. The maximum absolute atomic E-state index is 12.8. The summed E-state index contributed by atoms with van der Waals surface area (Å²) >= 11 is 0. The molecule has 2 amide bonds. The Bertz CT molecular complexity index is 763. The van der Waals surface area contributed by atoms with E-state index in [4.69, 9.17) is 10.5 Å². The fourth-order valence-corrected chi connectivity index (χ4v) is 2.66. The molecule has 1 atom stereocenters. The molecule has 1 aromatic carbocycles. The lowest BCUT2D eigenvalue weighted by Gasteiger charge is -2.27. The van der Waals surface area contributed by atoms with Gasteiger partial charge in [-0.3, -0.25) is 4.79 Å². The zero-order chi connectivity index (χ0) is 19.3. The van der Waals surface area contributed by atoms with Crippen LogP contribution in [0, 0.1) is 0 Å². The SMILES string of the molecule is CNCCN(C(=O)OC(C)(C)C)C(=O)[C@@H](N)Cc1c[nH]c2ccccc12. The summed E-state index contributed by atoms with van der Waals surface area (Å²) < 4.78 is 5.35. The Morgan fingerprint density at radius 3 is 2.65 bits per heavy atom. The number of nitrogens with one attached hydrogen (secondary N) is 2. The number of amides is 2. The van der Waals surface area contributed by atoms with Crippen LogP contribution >= 0.6 is 0 Å². The summed E-state index contributed by atoms with van der Waals surface area (Å²) in [6.45, 7) is 5.95. The lowest BCUT2D eigenvalue weighted by atomic mass is 10.0. The van der Waals surface area contributed by atoms with Gasteiger partial charge in [0.25, 0.3) is 0 Å². The van der Waals surface area contributed by atoms with Crippen LogP contribution in [0.25, 0.3) is 10.9 Å². The van der Waals surface area contributed by atoms with E-state index in [0.717, 1.165) is 21.4 Å². The van der Waals surface area contributed by atoms with Gasteiger partial charge < -0.3 is 20.8 Å². The van der Waals surface area contributed by atoms with Gasteiger partial charge in [-0.05, 0) is 45.9 Å². The molecule has 0 aliphatic carbocycles. The molecule has 1 heterocycles. The Kier molecular flexibility index (Phi) is 6.39. The predicted molar refractivity (Wildman–Crippen MR) is 102 cm³/mol. The van der Waals surface area contributed by atoms with Crippen LogP contribution in [-0.2, 0) is 16.0 Å². The molecule has 2 aromatic rings. The minimum atomic E-state index is -0.835. The maximum atomic E-state index is 12.8. The topological polar surface area (TPSA) is 100 Å². The second kappa shape index (κ2) is 8.33. The molecule has 0 spiro atoms. The zero-order valence-corrected chi connectivity index (χ0v) is 15.8. The molecule has 0 saturated heterocycles. The third-order valence-electron chi connectivity index (χ3n) is 3.90. The van der Waals surface area contributed by atoms with Crippen molar-refractivity contribution in [3.63, 3.8) is 0 Å². The van der Waals surface area contributed by atoms with Gasteiger partial charge in [0.1, 0.15) is 5.60 Å². The number of aromatic nitrogens is 1. The van der Waals surface area contributed by atoms with Crippen molar-refractivity contribution in [2.24, 2.45) is 5.73 Å². The van der Waals surface area contributed by atoms with E-state index in [-0.39, 0.29) is 6.54 Å². The van der Waals surface area contributed by atoms with Gasteiger partial charge in [0, 0.05) is 30.2 Å². The van der Waals surface area contributed by atoms with Crippen LogP contribution < -0.4 is 11.1 Å². The fourth-order valence-electron chi connectivity index (χ4n) is 2.66. The molecule has 0 saturated carbocycles. The van der Waals surface area contributed by atoms with Crippen LogP contribution in [0.2, 0.25) is 0 Å². The molecule has 0 aliphatic heterocycles. The van der Waals surface area contributed by atoms with E-state index in [1.54, 1.807) is 27.8 Å². The number of benzene rings is 1. The number of nitrogens with zero attached hydrogens (tertiary/aromatic N) is 1. The van der Waals surface area contributed by atoms with E-state index in [9.17, 15) is 9.59 Å².